The first kappa shape index (κ1) is 25.0. The van der Waals surface area contributed by atoms with Crippen molar-refractivity contribution in [2.24, 2.45) is 5.92 Å². The molecule has 0 fully saturated rings. The summed E-state index contributed by atoms with van der Waals surface area (Å²) in [5.74, 6) is -2.30. The lowest BCUT2D eigenvalue weighted by molar-refractivity contribution is -0.384. The van der Waals surface area contributed by atoms with Crippen LogP contribution in [0.3, 0.4) is 0 Å². The van der Waals surface area contributed by atoms with E-state index in [4.69, 9.17) is 0 Å². The Bertz CT molecular complexity index is 1060. The van der Waals surface area contributed by atoms with E-state index in [1.54, 1.807) is 19.1 Å². The standard InChI is InChI=1S/C21H25N3O7S/c1-15(14-22-32(30,31)19-10-8-18(9-11-19)24(28)29)23(2)21(27)17(13-20(25)26)12-16-6-4-3-5-7-16/h3-11,15,17,22H,12-14H2,1-2H3,(H,25,26)/t15-,17+/m0/s1. The maximum absolute atomic E-state index is 12.9. The number of hydrogen-bond acceptors (Lipinski definition) is 6. The molecule has 0 aromatic heterocycles. The van der Waals surface area contributed by atoms with Gasteiger partial charge in [-0.05, 0) is 31.0 Å². The molecule has 0 heterocycles. The van der Waals surface area contributed by atoms with Crippen LogP contribution < -0.4 is 4.72 Å². The summed E-state index contributed by atoms with van der Waals surface area (Å²) in [6.45, 7) is 1.52. The number of rotatable bonds is 11. The number of likely N-dealkylation sites (N-methyl/N-ethyl adjacent to an activating group) is 1. The lowest BCUT2D eigenvalue weighted by Crippen LogP contribution is -2.46. The minimum absolute atomic E-state index is 0.118. The van der Waals surface area contributed by atoms with E-state index in [0.29, 0.717) is 0 Å². The maximum atomic E-state index is 12.9. The molecule has 0 aliphatic rings. The summed E-state index contributed by atoms with van der Waals surface area (Å²) in [6, 6.07) is 12.9. The first-order valence-electron chi connectivity index (χ1n) is 9.77. The van der Waals surface area contributed by atoms with Crippen LogP contribution in [-0.2, 0) is 26.0 Å². The third-order valence-corrected chi connectivity index (χ3v) is 6.47. The molecule has 2 atom stereocenters. The van der Waals surface area contributed by atoms with Gasteiger partial charge >= 0.3 is 5.97 Å². The van der Waals surface area contributed by atoms with Crippen LogP contribution in [0.4, 0.5) is 5.69 Å². The zero-order valence-corrected chi connectivity index (χ0v) is 18.5. The minimum Gasteiger partial charge on any atom is -0.481 e. The largest absolute Gasteiger partial charge is 0.481 e. The van der Waals surface area contributed by atoms with Crippen molar-refractivity contribution in [2.75, 3.05) is 13.6 Å². The van der Waals surface area contributed by atoms with Crippen molar-refractivity contribution in [2.45, 2.75) is 30.7 Å². The fourth-order valence-electron chi connectivity index (χ4n) is 3.06. The predicted octanol–water partition coefficient (Wildman–Crippen LogP) is 2.05. The number of non-ortho nitro benzene ring substituents is 1. The van der Waals surface area contributed by atoms with Gasteiger partial charge in [0.25, 0.3) is 5.69 Å². The minimum atomic E-state index is -3.95. The van der Waals surface area contributed by atoms with Crippen molar-refractivity contribution >= 4 is 27.6 Å². The van der Waals surface area contributed by atoms with Gasteiger partial charge in [-0.25, -0.2) is 13.1 Å². The molecule has 0 spiro atoms. The highest BCUT2D eigenvalue weighted by atomic mass is 32.2. The van der Waals surface area contributed by atoms with Gasteiger partial charge in [-0.15, -0.1) is 0 Å². The van der Waals surface area contributed by atoms with Gasteiger partial charge in [-0.3, -0.25) is 19.7 Å². The fraction of sp³-hybridized carbons (Fsp3) is 0.333. The van der Waals surface area contributed by atoms with Crippen molar-refractivity contribution < 1.29 is 28.0 Å². The summed E-state index contributed by atoms with van der Waals surface area (Å²) in [7, 11) is -2.46. The molecule has 0 aliphatic carbocycles. The molecule has 0 saturated carbocycles. The molecule has 1 amide bonds. The highest BCUT2D eigenvalue weighted by Crippen LogP contribution is 2.18. The third kappa shape index (κ3) is 6.86. The van der Waals surface area contributed by atoms with Gasteiger partial charge < -0.3 is 10.0 Å². The topological polar surface area (TPSA) is 147 Å². The van der Waals surface area contributed by atoms with Gasteiger partial charge in [0.1, 0.15) is 0 Å². The number of carboxylic acids is 1. The molecule has 11 heteroatoms. The van der Waals surface area contributed by atoms with Crippen molar-refractivity contribution in [1.29, 1.82) is 0 Å². The molecular weight excluding hydrogens is 438 g/mol. The second-order valence-corrected chi connectivity index (χ2v) is 9.15. The van der Waals surface area contributed by atoms with Crippen LogP contribution in [0.2, 0.25) is 0 Å². The average Bonchev–Trinajstić information content (AvgIpc) is 2.76. The number of carboxylic acid groups (broad SMARTS) is 1. The molecule has 2 aromatic carbocycles. The Kier molecular flexibility index (Phi) is 8.44. The summed E-state index contributed by atoms with van der Waals surface area (Å²) >= 11 is 0. The van der Waals surface area contributed by atoms with Crippen LogP contribution in [-0.4, -0.2) is 54.9 Å². The molecule has 0 unspecified atom stereocenters. The smallest absolute Gasteiger partial charge is 0.304 e. The van der Waals surface area contributed by atoms with Crippen molar-refractivity contribution in [3.63, 3.8) is 0 Å². The molecule has 0 bridgehead atoms. The molecular formula is C21H25N3O7S. The Morgan fingerprint density at radius 2 is 1.72 bits per heavy atom. The molecule has 10 nitrogen and oxygen atoms in total. The molecule has 0 radical (unpaired) electrons. The highest BCUT2D eigenvalue weighted by Gasteiger charge is 2.28. The van der Waals surface area contributed by atoms with Crippen molar-refractivity contribution in [3.8, 4) is 0 Å². The van der Waals surface area contributed by atoms with Gasteiger partial charge in [0.05, 0.1) is 22.2 Å². The maximum Gasteiger partial charge on any atom is 0.304 e. The number of carbonyl (C=O) groups excluding carboxylic acids is 1. The molecule has 0 saturated heterocycles. The Balaban J connectivity index is 2.05. The number of nitrogens with zero attached hydrogens (tertiary/aromatic N) is 2. The molecule has 2 rings (SSSR count). The molecule has 0 aliphatic heterocycles. The monoisotopic (exact) mass is 463 g/mol. The van der Waals surface area contributed by atoms with E-state index in [1.807, 2.05) is 18.2 Å². The first-order valence-corrected chi connectivity index (χ1v) is 11.3. The second-order valence-electron chi connectivity index (χ2n) is 7.39. The summed E-state index contributed by atoms with van der Waals surface area (Å²) in [6.07, 6.45) is -0.100. The van der Waals surface area contributed by atoms with Gasteiger partial charge in [0.15, 0.2) is 0 Å². The lowest BCUT2D eigenvalue weighted by atomic mass is 9.94. The van der Waals surface area contributed by atoms with E-state index < -0.39 is 38.8 Å². The molecule has 172 valence electrons. The van der Waals surface area contributed by atoms with E-state index in [1.165, 1.54) is 11.9 Å². The van der Waals surface area contributed by atoms with E-state index in [2.05, 4.69) is 4.72 Å². The normalized spacial score (nSPS) is 13.2. The Labute approximate surface area is 186 Å². The summed E-state index contributed by atoms with van der Waals surface area (Å²) in [5, 5.41) is 19.9. The van der Waals surface area contributed by atoms with E-state index in [-0.39, 0.29) is 30.0 Å². The number of nitro benzene ring substituents is 1. The van der Waals surface area contributed by atoms with E-state index >= 15 is 0 Å². The quantitative estimate of drug-likeness (QED) is 0.383. The fourth-order valence-corrected chi connectivity index (χ4v) is 4.18. The number of carbonyl (C=O) groups is 2. The number of amides is 1. The van der Waals surface area contributed by atoms with Crippen LogP contribution in [0, 0.1) is 16.0 Å². The highest BCUT2D eigenvalue weighted by molar-refractivity contribution is 7.89. The average molecular weight is 464 g/mol. The van der Waals surface area contributed by atoms with Crippen molar-refractivity contribution in [3.05, 3.63) is 70.3 Å². The van der Waals surface area contributed by atoms with Gasteiger partial charge in [0.2, 0.25) is 15.9 Å². The van der Waals surface area contributed by atoms with Gasteiger partial charge in [-0.2, -0.15) is 0 Å². The van der Waals surface area contributed by atoms with Crippen molar-refractivity contribution in [1.82, 2.24) is 9.62 Å². The zero-order chi connectivity index (χ0) is 23.9. The summed E-state index contributed by atoms with van der Waals surface area (Å²) in [5.41, 5.74) is 0.595. The Morgan fingerprint density at radius 3 is 2.25 bits per heavy atom. The van der Waals surface area contributed by atoms with Gasteiger partial charge in [-0.1, -0.05) is 30.3 Å². The van der Waals surface area contributed by atoms with Gasteiger partial charge in [0, 0.05) is 31.8 Å². The number of benzene rings is 2. The van der Waals surface area contributed by atoms with Crippen LogP contribution in [0.1, 0.15) is 18.9 Å². The summed E-state index contributed by atoms with van der Waals surface area (Å²) in [4.78, 5) is 35.5. The lowest BCUT2D eigenvalue weighted by Gasteiger charge is -2.29. The number of hydrogen-bond donors (Lipinski definition) is 2. The van der Waals surface area contributed by atoms with Crippen LogP contribution >= 0.6 is 0 Å². The van der Waals surface area contributed by atoms with Crippen LogP contribution in [0.5, 0.6) is 0 Å². The first-order chi connectivity index (χ1) is 15.0. The molecule has 2 N–H and O–H groups in total. The van der Waals surface area contributed by atoms with E-state index in [0.717, 1.165) is 29.8 Å². The number of aliphatic carboxylic acids is 1. The molecule has 32 heavy (non-hydrogen) atoms. The Hall–Kier alpha value is -3.31. The SMILES string of the molecule is C[C@@H](CNS(=O)(=O)c1ccc([N+](=O)[O-])cc1)N(C)C(=O)[C@@H](CC(=O)O)Cc1ccccc1. The molecule has 2 aromatic rings. The number of sulfonamides is 1. The zero-order valence-electron chi connectivity index (χ0n) is 17.7. The van der Waals surface area contributed by atoms with Crippen LogP contribution in [0.25, 0.3) is 0 Å². The third-order valence-electron chi connectivity index (χ3n) is 5.03. The summed E-state index contributed by atoms with van der Waals surface area (Å²) < 4.78 is 27.3. The Morgan fingerprint density at radius 1 is 1.12 bits per heavy atom. The number of nitrogens with one attached hydrogen (secondary N) is 1. The van der Waals surface area contributed by atoms with Crippen LogP contribution in [0.15, 0.2) is 59.5 Å². The predicted molar refractivity (Wildman–Crippen MR) is 116 cm³/mol. The van der Waals surface area contributed by atoms with E-state index in [9.17, 15) is 33.2 Å². The number of nitro groups is 1. The second kappa shape index (κ2) is 10.8.